The van der Waals surface area contributed by atoms with Gasteiger partial charge in [-0.25, -0.2) is 4.39 Å². The third kappa shape index (κ3) is 3.70. The van der Waals surface area contributed by atoms with E-state index in [4.69, 9.17) is 29.0 Å². The molecule has 0 heterocycles. The molecule has 3 N–H and O–H groups in total. The van der Waals surface area contributed by atoms with E-state index in [2.05, 4.69) is 5.43 Å². The molecule has 0 saturated heterocycles. The van der Waals surface area contributed by atoms with Crippen molar-refractivity contribution in [3.05, 3.63) is 69.5 Å². The van der Waals surface area contributed by atoms with Gasteiger partial charge in [-0.3, -0.25) is 11.3 Å². The molecule has 2 nitrogen and oxygen atoms in total. The molecule has 2 aromatic carbocycles. The van der Waals surface area contributed by atoms with Crippen LogP contribution in [0, 0.1) is 5.82 Å². The average Bonchev–Trinajstić information content (AvgIpc) is 2.44. The van der Waals surface area contributed by atoms with E-state index in [1.54, 1.807) is 12.1 Å². The Kier molecular flexibility index (Phi) is 5.38. The lowest BCUT2D eigenvalue weighted by molar-refractivity contribution is 0.506. The number of halogens is 3. The van der Waals surface area contributed by atoms with Crippen molar-refractivity contribution < 1.29 is 4.39 Å². The van der Waals surface area contributed by atoms with Crippen molar-refractivity contribution in [2.45, 2.75) is 18.9 Å². The monoisotopic (exact) mass is 312 g/mol. The molecule has 2 rings (SSSR count). The van der Waals surface area contributed by atoms with Gasteiger partial charge in [0.2, 0.25) is 0 Å². The van der Waals surface area contributed by atoms with Crippen LogP contribution < -0.4 is 11.3 Å². The summed E-state index contributed by atoms with van der Waals surface area (Å²) in [6, 6.07) is 12.0. The van der Waals surface area contributed by atoms with Gasteiger partial charge in [0.1, 0.15) is 5.82 Å². The summed E-state index contributed by atoms with van der Waals surface area (Å²) in [6.07, 6.45) is 0.994. The second-order valence-electron chi connectivity index (χ2n) is 4.56. The molecule has 5 heteroatoms. The van der Waals surface area contributed by atoms with Crippen LogP contribution in [0.2, 0.25) is 10.0 Å². The summed E-state index contributed by atoms with van der Waals surface area (Å²) in [4.78, 5) is 0. The third-order valence-electron chi connectivity index (χ3n) is 3.17. The number of nitrogens with one attached hydrogen (secondary N) is 1. The minimum atomic E-state index is -0.322. The first-order chi connectivity index (χ1) is 9.61. The summed E-state index contributed by atoms with van der Waals surface area (Å²) in [6.45, 7) is 0. The third-order valence-corrected chi connectivity index (χ3v) is 3.89. The fraction of sp³-hybridized carbons (Fsp3) is 0.200. The lowest BCUT2D eigenvalue weighted by atomic mass is 9.99. The standard InChI is InChI=1S/C15H15Cl2FN2/c16-13-5-2-1-4-10(13)8-11(20-19)9-12-14(17)6-3-7-15(12)18/h1-7,11,20H,8-9,19H2. The molecule has 0 bridgehead atoms. The van der Waals surface area contributed by atoms with E-state index in [1.807, 2.05) is 24.3 Å². The highest BCUT2D eigenvalue weighted by Crippen LogP contribution is 2.23. The first-order valence-electron chi connectivity index (χ1n) is 6.24. The van der Waals surface area contributed by atoms with Gasteiger partial charge in [0.05, 0.1) is 0 Å². The number of rotatable bonds is 5. The summed E-state index contributed by atoms with van der Waals surface area (Å²) >= 11 is 12.2. The molecule has 1 unspecified atom stereocenters. The van der Waals surface area contributed by atoms with E-state index < -0.39 is 0 Å². The van der Waals surface area contributed by atoms with Crippen molar-refractivity contribution in [1.82, 2.24) is 5.43 Å². The van der Waals surface area contributed by atoms with Crippen LogP contribution in [-0.4, -0.2) is 6.04 Å². The number of nitrogens with two attached hydrogens (primary N) is 1. The molecule has 2 aromatic rings. The summed E-state index contributed by atoms with van der Waals surface area (Å²) in [5.41, 5.74) is 4.12. The molecular weight excluding hydrogens is 298 g/mol. The molecule has 1 atom stereocenters. The zero-order chi connectivity index (χ0) is 14.5. The van der Waals surface area contributed by atoms with Gasteiger partial charge < -0.3 is 0 Å². The van der Waals surface area contributed by atoms with Crippen molar-refractivity contribution in [3.8, 4) is 0 Å². The van der Waals surface area contributed by atoms with Crippen molar-refractivity contribution in [3.63, 3.8) is 0 Å². The van der Waals surface area contributed by atoms with Crippen molar-refractivity contribution in [2.75, 3.05) is 0 Å². The van der Waals surface area contributed by atoms with Crippen LogP contribution in [-0.2, 0) is 12.8 Å². The largest absolute Gasteiger partial charge is 0.271 e. The molecule has 0 aliphatic rings. The zero-order valence-electron chi connectivity index (χ0n) is 10.7. The summed E-state index contributed by atoms with van der Waals surface area (Å²) in [5, 5.41) is 1.08. The smallest absolute Gasteiger partial charge is 0.127 e. The van der Waals surface area contributed by atoms with Gasteiger partial charge in [0.15, 0.2) is 0 Å². The van der Waals surface area contributed by atoms with Gasteiger partial charge in [-0.1, -0.05) is 47.5 Å². The van der Waals surface area contributed by atoms with Crippen LogP contribution in [0.25, 0.3) is 0 Å². The van der Waals surface area contributed by atoms with Crippen molar-refractivity contribution in [2.24, 2.45) is 5.84 Å². The molecule has 0 radical (unpaired) electrons. The van der Waals surface area contributed by atoms with Gasteiger partial charge in [-0.15, -0.1) is 0 Å². The maximum absolute atomic E-state index is 13.8. The maximum atomic E-state index is 13.8. The van der Waals surface area contributed by atoms with Crippen molar-refractivity contribution in [1.29, 1.82) is 0 Å². The van der Waals surface area contributed by atoms with Crippen LogP contribution in [0.5, 0.6) is 0 Å². The highest BCUT2D eigenvalue weighted by molar-refractivity contribution is 6.31. The van der Waals surface area contributed by atoms with E-state index in [0.717, 1.165) is 5.56 Å². The SMILES string of the molecule is NNC(Cc1ccccc1Cl)Cc1c(F)cccc1Cl. The molecule has 0 amide bonds. The maximum Gasteiger partial charge on any atom is 0.127 e. The van der Waals surface area contributed by atoms with Crippen molar-refractivity contribution >= 4 is 23.2 Å². The average molecular weight is 313 g/mol. The molecule has 20 heavy (non-hydrogen) atoms. The van der Waals surface area contributed by atoms with E-state index in [9.17, 15) is 4.39 Å². The number of hydrazine groups is 1. The molecule has 0 saturated carbocycles. The number of hydrogen-bond acceptors (Lipinski definition) is 2. The summed E-state index contributed by atoms with van der Waals surface area (Å²) in [7, 11) is 0. The molecule has 106 valence electrons. The minimum Gasteiger partial charge on any atom is -0.271 e. The van der Waals surface area contributed by atoms with Gasteiger partial charge in [-0.05, 0) is 36.6 Å². The fourth-order valence-corrected chi connectivity index (χ4v) is 2.55. The highest BCUT2D eigenvalue weighted by Gasteiger charge is 2.15. The Hall–Kier alpha value is -1.13. The van der Waals surface area contributed by atoms with Crippen LogP contribution in [0.4, 0.5) is 4.39 Å². The number of hydrogen-bond donors (Lipinski definition) is 2. The summed E-state index contributed by atoms with van der Waals surface area (Å²) in [5.74, 6) is 5.24. The Labute approximate surface area is 127 Å². The predicted molar refractivity (Wildman–Crippen MR) is 81.4 cm³/mol. The Morgan fingerprint density at radius 3 is 2.35 bits per heavy atom. The second kappa shape index (κ2) is 7.04. The predicted octanol–water partition coefficient (Wildman–Crippen LogP) is 3.75. The minimum absolute atomic E-state index is 0.149. The lowest BCUT2D eigenvalue weighted by Gasteiger charge is -2.18. The molecule has 0 spiro atoms. The van der Waals surface area contributed by atoms with Gasteiger partial charge >= 0.3 is 0 Å². The molecular formula is C15H15Cl2FN2. The van der Waals surface area contributed by atoms with E-state index in [0.29, 0.717) is 28.5 Å². The fourth-order valence-electron chi connectivity index (χ4n) is 2.09. The molecule has 0 fully saturated rings. The van der Waals surface area contributed by atoms with Crippen LogP contribution in [0.15, 0.2) is 42.5 Å². The second-order valence-corrected chi connectivity index (χ2v) is 5.38. The Balaban J connectivity index is 2.16. The molecule has 0 aliphatic heterocycles. The summed E-state index contributed by atoms with van der Waals surface area (Å²) < 4.78 is 13.8. The Bertz CT molecular complexity index is 570. The van der Waals surface area contributed by atoms with Crippen LogP contribution in [0.3, 0.4) is 0 Å². The molecule has 0 aliphatic carbocycles. The Morgan fingerprint density at radius 1 is 1.00 bits per heavy atom. The van der Waals surface area contributed by atoms with Gasteiger partial charge in [0, 0.05) is 21.7 Å². The van der Waals surface area contributed by atoms with E-state index >= 15 is 0 Å². The topological polar surface area (TPSA) is 38.0 Å². The van der Waals surface area contributed by atoms with Crippen LogP contribution >= 0.6 is 23.2 Å². The van der Waals surface area contributed by atoms with Gasteiger partial charge in [0.25, 0.3) is 0 Å². The van der Waals surface area contributed by atoms with E-state index in [1.165, 1.54) is 6.07 Å². The van der Waals surface area contributed by atoms with E-state index in [-0.39, 0.29) is 11.9 Å². The normalized spacial score (nSPS) is 12.4. The lowest BCUT2D eigenvalue weighted by Crippen LogP contribution is -2.38. The van der Waals surface area contributed by atoms with Gasteiger partial charge in [-0.2, -0.15) is 0 Å². The first-order valence-corrected chi connectivity index (χ1v) is 7.00. The zero-order valence-corrected chi connectivity index (χ0v) is 12.3. The highest BCUT2D eigenvalue weighted by atomic mass is 35.5. The molecule has 0 aromatic heterocycles. The van der Waals surface area contributed by atoms with Crippen LogP contribution in [0.1, 0.15) is 11.1 Å². The Morgan fingerprint density at radius 2 is 1.70 bits per heavy atom. The number of benzene rings is 2. The quantitative estimate of drug-likeness (QED) is 0.652. The first kappa shape index (κ1) is 15.3.